The summed E-state index contributed by atoms with van der Waals surface area (Å²) in [6.45, 7) is 4.03. The molecule has 1 atom stereocenters. The average molecular weight is 276 g/mol. The molecule has 0 heterocycles. The van der Waals surface area contributed by atoms with Crippen molar-refractivity contribution in [2.24, 2.45) is 11.7 Å². The Morgan fingerprint density at radius 2 is 2.00 bits per heavy atom. The third kappa shape index (κ3) is 2.69. The number of rotatable bonds is 3. The molecule has 0 spiro atoms. The number of benzene rings is 1. The Labute approximate surface area is 97.7 Å². The summed E-state index contributed by atoms with van der Waals surface area (Å²) in [6, 6.07) is 2.87. The Kier molecular flexibility index (Phi) is 4.11. The molecule has 0 aliphatic rings. The van der Waals surface area contributed by atoms with Gasteiger partial charge in [-0.05, 0) is 27.9 Å². The molecule has 0 saturated heterocycles. The van der Waals surface area contributed by atoms with E-state index in [9.17, 15) is 4.39 Å². The first-order chi connectivity index (χ1) is 6.97. The van der Waals surface area contributed by atoms with Crippen molar-refractivity contribution in [3.05, 3.63) is 28.0 Å². The highest BCUT2D eigenvalue weighted by atomic mass is 79.9. The highest BCUT2D eigenvalue weighted by molar-refractivity contribution is 9.10. The molecule has 4 heteroatoms. The van der Waals surface area contributed by atoms with Gasteiger partial charge < -0.3 is 10.5 Å². The van der Waals surface area contributed by atoms with Crippen LogP contribution in [0.5, 0.6) is 5.75 Å². The monoisotopic (exact) mass is 275 g/mol. The fourth-order valence-corrected chi connectivity index (χ4v) is 1.70. The van der Waals surface area contributed by atoms with E-state index in [0.29, 0.717) is 10.2 Å². The predicted octanol–water partition coefficient (Wildman–Crippen LogP) is 3.25. The van der Waals surface area contributed by atoms with Crippen molar-refractivity contribution in [3.63, 3.8) is 0 Å². The standard InChI is InChI=1S/C11H15BrFNO/c1-6(2)11(14)7-4-8(12)9(13)5-10(7)15-3/h4-6,11H,14H2,1-3H3. The van der Waals surface area contributed by atoms with Crippen LogP contribution >= 0.6 is 15.9 Å². The van der Waals surface area contributed by atoms with E-state index >= 15 is 0 Å². The molecule has 0 amide bonds. The van der Waals surface area contributed by atoms with E-state index in [1.807, 2.05) is 13.8 Å². The molecule has 0 radical (unpaired) electrons. The van der Waals surface area contributed by atoms with Gasteiger partial charge in [-0.15, -0.1) is 0 Å². The molecule has 1 aromatic carbocycles. The summed E-state index contributed by atoms with van der Waals surface area (Å²) >= 11 is 3.14. The van der Waals surface area contributed by atoms with Gasteiger partial charge in [-0.25, -0.2) is 4.39 Å². The Bertz CT molecular complexity index is 355. The van der Waals surface area contributed by atoms with Gasteiger partial charge in [-0.3, -0.25) is 0 Å². The summed E-state index contributed by atoms with van der Waals surface area (Å²) in [5.41, 5.74) is 6.83. The van der Waals surface area contributed by atoms with E-state index in [4.69, 9.17) is 10.5 Å². The first-order valence-electron chi connectivity index (χ1n) is 4.76. The molecule has 0 saturated carbocycles. The van der Waals surface area contributed by atoms with Crippen LogP contribution in [0.2, 0.25) is 0 Å². The van der Waals surface area contributed by atoms with Crippen LogP contribution < -0.4 is 10.5 Å². The maximum absolute atomic E-state index is 13.2. The van der Waals surface area contributed by atoms with Gasteiger partial charge in [-0.1, -0.05) is 13.8 Å². The number of ether oxygens (including phenoxy) is 1. The van der Waals surface area contributed by atoms with Crippen LogP contribution in [0.3, 0.4) is 0 Å². The molecule has 84 valence electrons. The minimum atomic E-state index is -0.341. The topological polar surface area (TPSA) is 35.2 Å². The molecule has 1 aromatic rings. The molecule has 15 heavy (non-hydrogen) atoms. The van der Waals surface area contributed by atoms with Crippen molar-refractivity contribution in [2.45, 2.75) is 19.9 Å². The predicted molar refractivity (Wildman–Crippen MR) is 62.4 cm³/mol. The van der Waals surface area contributed by atoms with Crippen LogP contribution in [0.4, 0.5) is 4.39 Å². The molecule has 0 bridgehead atoms. The Morgan fingerprint density at radius 3 is 2.47 bits per heavy atom. The molecule has 2 nitrogen and oxygen atoms in total. The third-order valence-corrected chi connectivity index (χ3v) is 2.96. The Hall–Kier alpha value is -0.610. The molecule has 0 aliphatic carbocycles. The van der Waals surface area contributed by atoms with E-state index in [-0.39, 0.29) is 17.8 Å². The zero-order valence-electron chi connectivity index (χ0n) is 9.05. The summed E-state index contributed by atoms with van der Waals surface area (Å²) in [6.07, 6.45) is 0. The molecule has 0 fully saturated rings. The van der Waals surface area contributed by atoms with Crippen molar-refractivity contribution in [3.8, 4) is 5.75 Å². The van der Waals surface area contributed by atoms with Crippen LogP contribution in [0.1, 0.15) is 25.5 Å². The van der Waals surface area contributed by atoms with Gasteiger partial charge >= 0.3 is 0 Å². The van der Waals surface area contributed by atoms with Crippen molar-refractivity contribution >= 4 is 15.9 Å². The molecule has 0 aliphatic heterocycles. The number of hydrogen-bond donors (Lipinski definition) is 1. The van der Waals surface area contributed by atoms with Gasteiger partial charge in [0.25, 0.3) is 0 Å². The van der Waals surface area contributed by atoms with Crippen molar-refractivity contribution in [1.82, 2.24) is 0 Å². The highest BCUT2D eigenvalue weighted by Gasteiger charge is 2.17. The minimum absolute atomic E-state index is 0.156. The summed E-state index contributed by atoms with van der Waals surface area (Å²) in [4.78, 5) is 0. The molecule has 1 unspecified atom stereocenters. The number of methoxy groups -OCH3 is 1. The van der Waals surface area contributed by atoms with Crippen LogP contribution in [-0.2, 0) is 0 Å². The van der Waals surface area contributed by atoms with Gasteiger partial charge in [0.1, 0.15) is 11.6 Å². The maximum atomic E-state index is 13.2. The van der Waals surface area contributed by atoms with E-state index in [0.717, 1.165) is 5.56 Å². The lowest BCUT2D eigenvalue weighted by Crippen LogP contribution is -2.17. The van der Waals surface area contributed by atoms with E-state index in [2.05, 4.69) is 15.9 Å². The normalized spacial score (nSPS) is 13.0. The molecule has 1 rings (SSSR count). The van der Waals surface area contributed by atoms with Crippen molar-refractivity contribution < 1.29 is 9.13 Å². The third-order valence-electron chi connectivity index (χ3n) is 2.35. The lowest BCUT2D eigenvalue weighted by molar-refractivity contribution is 0.392. The maximum Gasteiger partial charge on any atom is 0.141 e. The first kappa shape index (κ1) is 12.5. The first-order valence-corrected chi connectivity index (χ1v) is 5.55. The summed E-state index contributed by atoms with van der Waals surface area (Å²) < 4.78 is 18.8. The Morgan fingerprint density at radius 1 is 1.40 bits per heavy atom. The molecule has 0 aromatic heterocycles. The van der Waals surface area contributed by atoms with Crippen LogP contribution in [0.15, 0.2) is 16.6 Å². The SMILES string of the molecule is COc1cc(F)c(Br)cc1C(N)C(C)C. The van der Waals surface area contributed by atoms with E-state index in [1.54, 1.807) is 6.07 Å². The van der Waals surface area contributed by atoms with Crippen LogP contribution in [0.25, 0.3) is 0 Å². The van der Waals surface area contributed by atoms with Crippen molar-refractivity contribution in [2.75, 3.05) is 7.11 Å². The second-order valence-corrected chi connectivity index (χ2v) is 4.63. The van der Waals surface area contributed by atoms with E-state index < -0.39 is 0 Å². The lowest BCUT2D eigenvalue weighted by Gasteiger charge is -2.19. The van der Waals surface area contributed by atoms with Crippen molar-refractivity contribution in [1.29, 1.82) is 0 Å². The fraction of sp³-hybridized carbons (Fsp3) is 0.455. The highest BCUT2D eigenvalue weighted by Crippen LogP contribution is 2.32. The summed E-state index contributed by atoms with van der Waals surface area (Å²) in [5.74, 6) is 0.430. The lowest BCUT2D eigenvalue weighted by atomic mass is 9.96. The number of halogens is 2. The number of nitrogens with two attached hydrogens (primary N) is 1. The smallest absolute Gasteiger partial charge is 0.141 e. The molecular formula is C11H15BrFNO. The second kappa shape index (κ2) is 4.94. The minimum Gasteiger partial charge on any atom is -0.496 e. The quantitative estimate of drug-likeness (QED) is 0.919. The van der Waals surface area contributed by atoms with Gasteiger partial charge in [0, 0.05) is 17.7 Å². The largest absolute Gasteiger partial charge is 0.496 e. The second-order valence-electron chi connectivity index (χ2n) is 3.78. The summed E-state index contributed by atoms with van der Waals surface area (Å²) in [5, 5.41) is 0. The van der Waals surface area contributed by atoms with Gasteiger partial charge in [0.2, 0.25) is 0 Å². The van der Waals surface area contributed by atoms with Crippen LogP contribution in [0, 0.1) is 11.7 Å². The van der Waals surface area contributed by atoms with E-state index in [1.165, 1.54) is 13.2 Å². The van der Waals surface area contributed by atoms with Gasteiger partial charge in [0.05, 0.1) is 11.6 Å². The molecule has 2 N–H and O–H groups in total. The van der Waals surface area contributed by atoms with Gasteiger partial charge in [-0.2, -0.15) is 0 Å². The fourth-order valence-electron chi connectivity index (χ4n) is 1.34. The van der Waals surface area contributed by atoms with Crippen LogP contribution in [-0.4, -0.2) is 7.11 Å². The number of hydrogen-bond acceptors (Lipinski definition) is 2. The Balaban J connectivity index is 3.21. The molecular weight excluding hydrogens is 261 g/mol. The zero-order chi connectivity index (χ0) is 11.6. The zero-order valence-corrected chi connectivity index (χ0v) is 10.6. The van der Waals surface area contributed by atoms with Gasteiger partial charge in [0.15, 0.2) is 0 Å². The average Bonchev–Trinajstić information content (AvgIpc) is 2.20. The summed E-state index contributed by atoms with van der Waals surface area (Å²) in [7, 11) is 1.51.